The number of hydrogen-bond donors (Lipinski definition) is 3. The molecule has 23 heavy (non-hydrogen) atoms. The molecule has 0 aliphatic carbocycles. The van der Waals surface area contributed by atoms with Crippen LogP contribution in [0.3, 0.4) is 0 Å². The van der Waals surface area contributed by atoms with Crippen molar-refractivity contribution in [1.29, 1.82) is 0 Å². The van der Waals surface area contributed by atoms with Gasteiger partial charge in [0.05, 0.1) is 0 Å². The first-order chi connectivity index (χ1) is 10.9. The van der Waals surface area contributed by atoms with Crippen LogP contribution < -0.4 is 20.7 Å². The topological polar surface area (TPSA) is 62.4 Å². The van der Waals surface area contributed by atoms with Crippen LogP contribution in [0.4, 0.5) is 23.7 Å². The van der Waals surface area contributed by atoms with E-state index in [0.29, 0.717) is 12.2 Å². The fraction of sp³-hybridized carbons (Fsp3) is 0.400. The second kappa shape index (κ2) is 7.87. The van der Waals surface area contributed by atoms with Crippen LogP contribution >= 0.6 is 0 Å². The maximum atomic E-state index is 12.0. The third-order valence-electron chi connectivity index (χ3n) is 3.24. The van der Waals surface area contributed by atoms with Crippen molar-refractivity contribution in [2.24, 2.45) is 0 Å². The van der Waals surface area contributed by atoms with Crippen molar-refractivity contribution in [3.63, 3.8) is 0 Å². The van der Waals surface area contributed by atoms with Crippen LogP contribution in [0, 0.1) is 0 Å². The van der Waals surface area contributed by atoms with Gasteiger partial charge >= 0.3 is 12.4 Å². The monoisotopic (exact) mass is 329 g/mol. The van der Waals surface area contributed by atoms with Crippen molar-refractivity contribution < 1.29 is 22.7 Å². The minimum absolute atomic E-state index is 0.332. The van der Waals surface area contributed by atoms with Crippen molar-refractivity contribution in [2.75, 3.05) is 25.0 Å². The number of alkyl halides is 3. The lowest BCUT2D eigenvalue weighted by atomic mass is 10.1. The maximum absolute atomic E-state index is 12.0. The van der Waals surface area contributed by atoms with E-state index in [4.69, 9.17) is 0 Å². The normalized spacial score (nSPS) is 14.8. The molecule has 8 heteroatoms. The molecule has 0 saturated heterocycles. The van der Waals surface area contributed by atoms with E-state index in [9.17, 15) is 18.0 Å². The highest BCUT2D eigenvalue weighted by molar-refractivity contribution is 5.89. The van der Waals surface area contributed by atoms with E-state index in [0.717, 1.165) is 38.1 Å². The van der Waals surface area contributed by atoms with Crippen LogP contribution in [0.2, 0.25) is 0 Å². The largest absolute Gasteiger partial charge is 0.573 e. The van der Waals surface area contributed by atoms with E-state index in [1.165, 1.54) is 17.7 Å². The lowest BCUT2D eigenvalue weighted by Gasteiger charge is -2.14. The quantitative estimate of drug-likeness (QED) is 0.728. The lowest BCUT2D eigenvalue weighted by Crippen LogP contribution is -2.30. The molecule has 1 aliphatic heterocycles. The summed E-state index contributed by atoms with van der Waals surface area (Å²) in [6.07, 6.45) is -0.852. The smallest absolute Gasteiger partial charge is 0.406 e. The Morgan fingerprint density at radius 3 is 2.61 bits per heavy atom. The number of amides is 2. The number of benzene rings is 1. The van der Waals surface area contributed by atoms with Crippen LogP contribution in [0.15, 0.2) is 35.9 Å². The van der Waals surface area contributed by atoms with E-state index in [1.54, 1.807) is 0 Å². The van der Waals surface area contributed by atoms with Gasteiger partial charge < -0.3 is 20.7 Å². The number of rotatable bonds is 5. The predicted octanol–water partition coefficient (Wildman–Crippen LogP) is 3.02. The average Bonchev–Trinajstić information content (AvgIpc) is 2.49. The first-order valence-electron chi connectivity index (χ1n) is 7.22. The molecule has 2 rings (SSSR count). The first kappa shape index (κ1) is 17.1. The first-order valence-corrected chi connectivity index (χ1v) is 7.22. The average molecular weight is 329 g/mol. The number of carbonyl (C=O) groups excluding carboxylic acids is 1. The summed E-state index contributed by atoms with van der Waals surface area (Å²) in [6, 6.07) is 4.57. The SMILES string of the molecule is O=C(NCCC1=CCNCC1)Nc1ccc(OC(F)(F)F)cc1. The fourth-order valence-corrected chi connectivity index (χ4v) is 2.15. The highest BCUT2D eigenvalue weighted by atomic mass is 19.4. The van der Waals surface area contributed by atoms with Gasteiger partial charge in [0.15, 0.2) is 0 Å². The van der Waals surface area contributed by atoms with E-state index in [2.05, 4.69) is 26.8 Å². The van der Waals surface area contributed by atoms with E-state index < -0.39 is 12.4 Å². The Kier molecular flexibility index (Phi) is 5.86. The molecule has 3 N–H and O–H groups in total. The van der Waals surface area contributed by atoms with Gasteiger partial charge in [-0.3, -0.25) is 0 Å². The molecule has 0 radical (unpaired) electrons. The van der Waals surface area contributed by atoms with Crippen LogP contribution in [-0.4, -0.2) is 32.0 Å². The molecular weight excluding hydrogens is 311 g/mol. The lowest BCUT2D eigenvalue weighted by molar-refractivity contribution is -0.274. The molecule has 0 bridgehead atoms. The Bertz CT molecular complexity index is 556. The number of hydrogen-bond acceptors (Lipinski definition) is 3. The molecule has 5 nitrogen and oxygen atoms in total. The number of nitrogens with one attached hydrogen (secondary N) is 3. The molecule has 0 atom stereocenters. The van der Waals surface area contributed by atoms with Gasteiger partial charge in [-0.1, -0.05) is 11.6 Å². The molecule has 1 heterocycles. The molecule has 126 valence electrons. The van der Waals surface area contributed by atoms with Crippen LogP contribution in [0.1, 0.15) is 12.8 Å². The van der Waals surface area contributed by atoms with Gasteiger partial charge in [0.25, 0.3) is 0 Å². The molecular formula is C15H18F3N3O2. The van der Waals surface area contributed by atoms with Crippen molar-refractivity contribution >= 4 is 11.7 Å². The van der Waals surface area contributed by atoms with E-state index in [-0.39, 0.29) is 5.75 Å². The van der Waals surface area contributed by atoms with E-state index in [1.807, 2.05) is 0 Å². The van der Waals surface area contributed by atoms with E-state index >= 15 is 0 Å². The summed E-state index contributed by atoms with van der Waals surface area (Å²) in [7, 11) is 0. The molecule has 0 saturated carbocycles. The molecule has 1 aliphatic rings. The molecule has 2 amide bonds. The third-order valence-corrected chi connectivity index (χ3v) is 3.24. The van der Waals surface area contributed by atoms with Crippen molar-refractivity contribution in [3.8, 4) is 5.75 Å². The summed E-state index contributed by atoms with van der Waals surface area (Å²) >= 11 is 0. The summed E-state index contributed by atoms with van der Waals surface area (Å²) in [4.78, 5) is 11.7. The van der Waals surface area contributed by atoms with Gasteiger partial charge in [-0.25, -0.2) is 4.79 Å². The predicted molar refractivity (Wildman–Crippen MR) is 80.3 cm³/mol. The van der Waals surface area contributed by atoms with Gasteiger partial charge in [-0.2, -0.15) is 0 Å². The van der Waals surface area contributed by atoms with Gasteiger partial charge in [0.2, 0.25) is 0 Å². The molecule has 1 aromatic rings. The number of carbonyl (C=O) groups is 1. The number of urea groups is 1. The number of anilines is 1. The molecule has 0 spiro atoms. The summed E-state index contributed by atoms with van der Waals surface area (Å²) in [5.74, 6) is -0.332. The second-order valence-corrected chi connectivity index (χ2v) is 5.02. The van der Waals surface area contributed by atoms with Gasteiger partial charge in [0.1, 0.15) is 5.75 Å². The summed E-state index contributed by atoms with van der Waals surface area (Å²) in [5.41, 5.74) is 1.69. The van der Waals surface area contributed by atoms with Crippen molar-refractivity contribution in [3.05, 3.63) is 35.9 Å². The second-order valence-electron chi connectivity index (χ2n) is 5.02. The molecule has 0 fully saturated rings. The van der Waals surface area contributed by atoms with Gasteiger partial charge in [-0.05, 0) is 43.7 Å². The van der Waals surface area contributed by atoms with Crippen LogP contribution in [0.25, 0.3) is 0 Å². The van der Waals surface area contributed by atoms with Crippen molar-refractivity contribution in [1.82, 2.24) is 10.6 Å². The van der Waals surface area contributed by atoms with Crippen LogP contribution in [-0.2, 0) is 0 Å². The maximum Gasteiger partial charge on any atom is 0.573 e. The van der Waals surface area contributed by atoms with Crippen molar-refractivity contribution in [2.45, 2.75) is 19.2 Å². The Labute approximate surface area is 131 Å². The minimum atomic E-state index is -4.73. The Morgan fingerprint density at radius 2 is 2.00 bits per heavy atom. The Hall–Kier alpha value is -2.22. The van der Waals surface area contributed by atoms with Gasteiger partial charge in [-0.15, -0.1) is 13.2 Å². The summed E-state index contributed by atoms with van der Waals surface area (Å²) in [5, 5.41) is 8.47. The molecule has 0 unspecified atom stereocenters. The minimum Gasteiger partial charge on any atom is -0.406 e. The number of halogens is 3. The Balaban J connectivity index is 1.73. The zero-order chi connectivity index (χ0) is 16.7. The number of ether oxygens (including phenoxy) is 1. The standard InChI is InChI=1S/C15H18F3N3O2/c16-15(17,18)23-13-3-1-12(2-4-13)21-14(22)20-10-7-11-5-8-19-9-6-11/h1-5,19H,6-10H2,(H2,20,21,22). The highest BCUT2D eigenvalue weighted by Crippen LogP contribution is 2.23. The molecule has 1 aromatic carbocycles. The highest BCUT2D eigenvalue weighted by Gasteiger charge is 2.30. The summed E-state index contributed by atoms with van der Waals surface area (Å²) < 4.78 is 39.9. The Morgan fingerprint density at radius 1 is 1.26 bits per heavy atom. The van der Waals surface area contributed by atoms with Crippen LogP contribution in [0.5, 0.6) is 5.75 Å². The summed E-state index contributed by atoms with van der Waals surface area (Å²) in [6.45, 7) is 2.31. The zero-order valence-corrected chi connectivity index (χ0v) is 12.4. The zero-order valence-electron chi connectivity index (χ0n) is 12.4. The third kappa shape index (κ3) is 6.60. The van der Waals surface area contributed by atoms with Gasteiger partial charge in [0, 0.05) is 18.8 Å². The fourth-order valence-electron chi connectivity index (χ4n) is 2.15. The molecule has 0 aromatic heterocycles.